The Bertz CT molecular complexity index is 569. The SMILES string of the molecule is CCN1C[C@@H](C(=O)NCc2ccc(OCC3CC3)nc2)CC1=O. The summed E-state index contributed by atoms with van der Waals surface area (Å²) in [6.45, 7) is 4.27. The van der Waals surface area contributed by atoms with E-state index in [4.69, 9.17) is 4.74 Å². The Morgan fingerprint density at radius 1 is 1.43 bits per heavy atom. The largest absolute Gasteiger partial charge is 0.477 e. The van der Waals surface area contributed by atoms with Gasteiger partial charge in [0, 0.05) is 38.3 Å². The predicted octanol–water partition coefficient (Wildman–Crippen LogP) is 1.35. The van der Waals surface area contributed by atoms with Gasteiger partial charge in [0.05, 0.1) is 12.5 Å². The van der Waals surface area contributed by atoms with Crippen LogP contribution in [-0.2, 0) is 16.1 Å². The van der Waals surface area contributed by atoms with Crippen LogP contribution in [0.25, 0.3) is 0 Å². The van der Waals surface area contributed by atoms with Gasteiger partial charge in [0.25, 0.3) is 0 Å². The van der Waals surface area contributed by atoms with Crippen molar-refractivity contribution in [1.29, 1.82) is 0 Å². The fraction of sp³-hybridized carbons (Fsp3) is 0.588. The zero-order valence-electron chi connectivity index (χ0n) is 13.5. The minimum Gasteiger partial charge on any atom is -0.477 e. The predicted molar refractivity (Wildman–Crippen MR) is 84.7 cm³/mol. The van der Waals surface area contributed by atoms with Crippen LogP contribution in [0.4, 0.5) is 0 Å². The van der Waals surface area contributed by atoms with E-state index in [1.54, 1.807) is 11.1 Å². The van der Waals surface area contributed by atoms with Gasteiger partial charge in [-0.05, 0) is 31.2 Å². The molecule has 1 aliphatic carbocycles. The lowest BCUT2D eigenvalue weighted by molar-refractivity contribution is -0.128. The van der Waals surface area contributed by atoms with E-state index in [0.29, 0.717) is 37.9 Å². The average Bonchev–Trinajstić information content (AvgIpc) is 3.32. The van der Waals surface area contributed by atoms with Crippen LogP contribution in [0.2, 0.25) is 0 Å². The fourth-order valence-corrected chi connectivity index (χ4v) is 2.68. The van der Waals surface area contributed by atoms with Crippen molar-refractivity contribution in [3.8, 4) is 5.88 Å². The number of hydrogen-bond acceptors (Lipinski definition) is 4. The molecule has 1 saturated heterocycles. The maximum Gasteiger partial charge on any atom is 0.225 e. The maximum atomic E-state index is 12.1. The van der Waals surface area contributed by atoms with E-state index in [1.807, 2.05) is 19.1 Å². The van der Waals surface area contributed by atoms with Gasteiger partial charge in [-0.15, -0.1) is 0 Å². The molecule has 6 heteroatoms. The Morgan fingerprint density at radius 3 is 2.87 bits per heavy atom. The van der Waals surface area contributed by atoms with Gasteiger partial charge in [0.1, 0.15) is 0 Å². The molecule has 0 spiro atoms. The molecule has 23 heavy (non-hydrogen) atoms. The molecule has 1 atom stereocenters. The summed E-state index contributed by atoms with van der Waals surface area (Å²) in [5.41, 5.74) is 0.925. The second-order valence-corrected chi connectivity index (χ2v) is 6.31. The molecule has 3 rings (SSSR count). The van der Waals surface area contributed by atoms with Crippen molar-refractivity contribution in [2.75, 3.05) is 19.7 Å². The zero-order valence-corrected chi connectivity index (χ0v) is 13.5. The number of pyridine rings is 1. The first-order chi connectivity index (χ1) is 11.2. The third-order valence-electron chi connectivity index (χ3n) is 4.40. The van der Waals surface area contributed by atoms with Gasteiger partial charge in [-0.2, -0.15) is 0 Å². The molecule has 2 fully saturated rings. The number of hydrogen-bond donors (Lipinski definition) is 1. The van der Waals surface area contributed by atoms with E-state index in [-0.39, 0.29) is 17.7 Å². The molecule has 6 nitrogen and oxygen atoms in total. The summed E-state index contributed by atoms with van der Waals surface area (Å²) >= 11 is 0. The monoisotopic (exact) mass is 317 g/mol. The molecule has 2 heterocycles. The van der Waals surface area contributed by atoms with Crippen molar-refractivity contribution in [2.24, 2.45) is 11.8 Å². The summed E-state index contributed by atoms with van der Waals surface area (Å²) in [7, 11) is 0. The Balaban J connectivity index is 1.44. The van der Waals surface area contributed by atoms with E-state index < -0.39 is 0 Å². The number of rotatable bonds is 7. The Morgan fingerprint density at radius 2 is 2.26 bits per heavy atom. The molecule has 2 amide bonds. The normalized spacial score (nSPS) is 20.7. The summed E-state index contributed by atoms with van der Waals surface area (Å²) < 4.78 is 5.59. The van der Waals surface area contributed by atoms with Gasteiger partial charge < -0.3 is 15.0 Å². The Kier molecular flexibility index (Phi) is 4.79. The van der Waals surface area contributed by atoms with E-state index in [0.717, 1.165) is 12.2 Å². The third kappa shape index (κ3) is 4.21. The molecule has 1 aromatic rings. The van der Waals surface area contributed by atoms with Crippen LogP contribution in [-0.4, -0.2) is 41.4 Å². The second-order valence-electron chi connectivity index (χ2n) is 6.31. The zero-order chi connectivity index (χ0) is 16.2. The summed E-state index contributed by atoms with van der Waals surface area (Å²) in [5, 5.41) is 2.89. The van der Waals surface area contributed by atoms with Crippen LogP contribution in [0.15, 0.2) is 18.3 Å². The van der Waals surface area contributed by atoms with Crippen LogP contribution < -0.4 is 10.1 Å². The lowest BCUT2D eigenvalue weighted by Crippen LogP contribution is -2.32. The first-order valence-electron chi connectivity index (χ1n) is 8.29. The van der Waals surface area contributed by atoms with Gasteiger partial charge >= 0.3 is 0 Å². The van der Waals surface area contributed by atoms with Crippen molar-refractivity contribution < 1.29 is 14.3 Å². The lowest BCUT2D eigenvalue weighted by atomic mass is 10.1. The standard InChI is InChI=1S/C17H23N3O3/c1-2-20-10-14(7-16(20)21)17(22)19-9-13-5-6-15(18-8-13)23-11-12-3-4-12/h5-6,8,12,14H,2-4,7,9-11H2,1H3,(H,19,22)/t14-/m0/s1. The number of aromatic nitrogens is 1. The molecule has 0 bridgehead atoms. The number of ether oxygens (including phenoxy) is 1. The Labute approximate surface area is 136 Å². The molecule has 0 radical (unpaired) electrons. The van der Waals surface area contributed by atoms with Crippen LogP contribution in [0.5, 0.6) is 5.88 Å². The van der Waals surface area contributed by atoms with Gasteiger partial charge in [0.2, 0.25) is 17.7 Å². The molecule has 1 N–H and O–H groups in total. The molecular weight excluding hydrogens is 294 g/mol. The molecule has 1 saturated carbocycles. The summed E-state index contributed by atoms with van der Waals surface area (Å²) in [6.07, 6.45) is 4.54. The molecule has 124 valence electrons. The Hall–Kier alpha value is -2.11. The number of nitrogens with one attached hydrogen (secondary N) is 1. The average molecular weight is 317 g/mol. The highest BCUT2D eigenvalue weighted by atomic mass is 16.5. The number of amides is 2. The van der Waals surface area contributed by atoms with Crippen LogP contribution >= 0.6 is 0 Å². The number of likely N-dealkylation sites (tertiary alicyclic amines) is 1. The molecule has 0 aromatic carbocycles. The van der Waals surface area contributed by atoms with Crippen molar-refractivity contribution in [3.05, 3.63) is 23.9 Å². The van der Waals surface area contributed by atoms with Crippen LogP contribution in [0, 0.1) is 11.8 Å². The molecule has 1 aromatic heterocycles. The van der Waals surface area contributed by atoms with Crippen LogP contribution in [0.1, 0.15) is 31.7 Å². The fourth-order valence-electron chi connectivity index (χ4n) is 2.68. The number of carbonyl (C=O) groups excluding carboxylic acids is 2. The maximum absolute atomic E-state index is 12.1. The molecule has 1 aliphatic heterocycles. The summed E-state index contributed by atoms with van der Waals surface area (Å²) in [6, 6.07) is 3.75. The van der Waals surface area contributed by atoms with Gasteiger partial charge in [-0.3, -0.25) is 9.59 Å². The van der Waals surface area contributed by atoms with Gasteiger partial charge in [-0.1, -0.05) is 6.07 Å². The van der Waals surface area contributed by atoms with E-state index in [2.05, 4.69) is 10.3 Å². The van der Waals surface area contributed by atoms with E-state index in [1.165, 1.54) is 12.8 Å². The van der Waals surface area contributed by atoms with Crippen molar-refractivity contribution in [3.63, 3.8) is 0 Å². The first kappa shape index (κ1) is 15.8. The second kappa shape index (κ2) is 6.98. The highest BCUT2D eigenvalue weighted by Crippen LogP contribution is 2.29. The summed E-state index contributed by atoms with van der Waals surface area (Å²) in [5.74, 6) is 1.09. The third-order valence-corrected chi connectivity index (χ3v) is 4.40. The quantitative estimate of drug-likeness (QED) is 0.824. The van der Waals surface area contributed by atoms with Gasteiger partial charge in [0.15, 0.2) is 0 Å². The summed E-state index contributed by atoms with van der Waals surface area (Å²) in [4.78, 5) is 29.8. The van der Waals surface area contributed by atoms with Crippen molar-refractivity contribution in [1.82, 2.24) is 15.2 Å². The molecular formula is C17H23N3O3. The van der Waals surface area contributed by atoms with E-state index >= 15 is 0 Å². The molecule has 0 unspecified atom stereocenters. The minimum atomic E-state index is -0.239. The first-order valence-corrected chi connectivity index (χ1v) is 8.29. The highest BCUT2D eigenvalue weighted by molar-refractivity contribution is 5.89. The lowest BCUT2D eigenvalue weighted by Gasteiger charge is -2.13. The molecule has 2 aliphatic rings. The van der Waals surface area contributed by atoms with E-state index in [9.17, 15) is 9.59 Å². The smallest absolute Gasteiger partial charge is 0.225 e. The van der Waals surface area contributed by atoms with Crippen molar-refractivity contribution >= 4 is 11.8 Å². The highest BCUT2D eigenvalue weighted by Gasteiger charge is 2.33. The van der Waals surface area contributed by atoms with Gasteiger partial charge in [-0.25, -0.2) is 4.98 Å². The van der Waals surface area contributed by atoms with Crippen LogP contribution in [0.3, 0.4) is 0 Å². The van der Waals surface area contributed by atoms with Crippen molar-refractivity contribution in [2.45, 2.75) is 32.7 Å². The minimum absolute atomic E-state index is 0.0616. The topological polar surface area (TPSA) is 71.5 Å². The number of carbonyl (C=O) groups is 2. The number of nitrogens with zero attached hydrogens (tertiary/aromatic N) is 2.